The number of hydrogen-bond acceptors (Lipinski definition) is 5. The number of amides is 1. The molecule has 0 atom stereocenters. The zero-order valence-corrected chi connectivity index (χ0v) is 9.98. The SMILES string of the molecule is CCCCOCCNC(=O)c1cnc(N)cn1. The molecule has 0 radical (unpaired) electrons. The van der Waals surface area contributed by atoms with E-state index in [0.717, 1.165) is 19.4 Å². The standard InChI is InChI=1S/C11H18N4O2/c1-2-3-5-17-6-4-13-11(16)9-7-15-10(12)8-14-9/h7-8H,2-6H2,1H3,(H2,12,15)(H,13,16). The molecule has 3 N–H and O–H groups in total. The highest BCUT2D eigenvalue weighted by atomic mass is 16.5. The molecule has 0 aliphatic heterocycles. The van der Waals surface area contributed by atoms with E-state index in [1.807, 2.05) is 0 Å². The normalized spacial score (nSPS) is 10.2. The number of nitrogens with two attached hydrogens (primary N) is 1. The van der Waals surface area contributed by atoms with Gasteiger partial charge in [0.15, 0.2) is 0 Å². The van der Waals surface area contributed by atoms with E-state index in [9.17, 15) is 4.79 Å². The Hall–Kier alpha value is -1.69. The summed E-state index contributed by atoms with van der Waals surface area (Å²) in [6.07, 6.45) is 4.85. The van der Waals surface area contributed by atoms with Crippen molar-refractivity contribution in [3.63, 3.8) is 0 Å². The van der Waals surface area contributed by atoms with Crippen LogP contribution in [0.1, 0.15) is 30.3 Å². The van der Waals surface area contributed by atoms with Crippen LogP contribution >= 0.6 is 0 Å². The van der Waals surface area contributed by atoms with Gasteiger partial charge in [0, 0.05) is 13.2 Å². The Morgan fingerprint density at radius 3 is 2.88 bits per heavy atom. The van der Waals surface area contributed by atoms with Crippen molar-refractivity contribution in [2.24, 2.45) is 0 Å². The molecule has 6 nitrogen and oxygen atoms in total. The van der Waals surface area contributed by atoms with Crippen LogP contribution in [0, 0.1) is 0 Å². The van der Waals surface area contributed by atoms with Crippen molar-refractivity contribution in [3.05, 3.63) is 18.1 Å². The van der Waals surface area contributed by atoms with Gasteiger partial charge in [0.1, 0.15) is 11.5 Å². The molecule has 0 saturated carbocycles. The van der Waals surface area contributed by atoms with Gasteiger partial charge in [-0.1, -0.05) is 13.3 Å². The van der Waals surface area contributed by atoms with Crippen LogP contribution in [-0.2, 0) is 4.74 Å². The third-order valence-corrected chi connectivity index (χ3v) is 2.08. The van der Waals surface area contributed by atoms with Crippen LogP contribution < -0.4 is 11.1 Å². The van der Waals surface area contributed by atoms with Crippen molar-refractivity contribution in [1.29, 1.82) is 0 Å². The molecule has 6 heteroatoms. The largest absolute Gasteiger partial charge is 0.382 e. The summed E-state index contributed by atoms with van der Waals surface area (Å²) in [5.41, 5.74) is 5.63. The van der Waals surface area contributed by atoms with Gasteiger partial charge < -0.3 is 15.8 Å². The number of carbonyl (C=O) groups excluding carboxylic acids is 1. The quantitative estimate of drug-likeness (QED) is 0.679. The molecule has 0 saturated heterocycles. The summed E-state index contributed by atoms with van der Waals surface area (Å²) in [6, 6.07) is 0. The van der Waals surface area contributed by atoms with Crippen molar-refractivity contribution in [2.75, 3.05) is 25.5 Å². The monoisotopic (exact) mass is 238 g/mol. The average Bonchev–Trinajstić information content (AvgIpc) is 2.34. The molecular formula is C11H18N4O2. The molecule has 0 aromatic carbocycles. The molecule has 1 heterocycles. The second kappa shape index (κ2) is 7.56. The first kappa shape index (κ1) is 13.4. The van der Waals surface area contributed by atoms with E-state index in [1.54, 1.807) is 0 Å². The van der Waals surface area contributed by atoms with Crippen LogP contribution in [0.15, 0.2) is 12.4 Å². The number of carbonyl (C=O) groups is 1. The van der Waals surface area contributed by atoms with Crippen LogP contribution in [0.25, 0.3) is 0 Å². The van der Waals surface area contributed by atoms with E-state index in [4.69, 9.17) is 10.5 Å². The fourth-order valence-corrected chi connectivity index (χ4v) is 1.13. The first-order valence-corrected chi connectivity index (χ1v) is 5.67. The maximum Gasteiger partial charge on any atom is 0.271 e. The van der Waals surface area contributed by atoms with Crippen molar-refractivity contribution >= 4 is 11.7 Å². The number of anilines is 1. The van der Waals surface area contributed by atoms with Gasteiger partial charge in [-0.15, -0.1) is 0 Å². The average molecular weight is 238 g/mol. The molecule has 94 valence electrons. The Balaban J connectivity index is 2.19. The lowest BCUT2D eigenvalue weighted by molar-refractivity contribution is 0.0907. The second-order valence-electron chi connectivity index (χ2n) is 3.55. The van der Waals surface area contributed by atoms with Crippen LogP contribution in [-0.4, -0.2) is 35.6 Å². The maximum absolute atomic E-state index is 11.5. The molecular weight excluding hydrogens is 220 g/mol. The fraction of sp³-hybridized carbons (Fsp3) is 0.545. The summed E-state index contributed by atoms with van der Waals surface area (Å²) in [7, 11) is 0. The molecule has 0 spiro atoms. The smallest absolute Gasteiger partial charge is 0.271 e. The van der Waals surface area contributed by atoms with E-state index < -0.39 is 0 Å². The zero-order chi connectivity index (χ0) is 12.5. The van der Waals surface area contributed by atoms with E-state index in [0.29, 0.717) is 19.0 Å². The fourth-order valence-electron chi connectivity index (χ4n) is 1.13. The number of aromatic nitrogens is 2. The molecule has 1 aromatic heterocycles. The van der Waals surface area contributed by atoms with Gasteiger partial charge in [-0.25, -0.2) is 9.97 Å². The van der Waals surface area contributed by atoms with Crippen molar-refractivity contribution < 1.29 is 9.53 Å². The lowest BCUT2D eigenvalue weighted by atomic mass is 10.4. The Labute approximate surface area is 101 Å². The van der Waals surface area contributed by atoms with Gasteiger partial charge in [-0.2, -0.15) is 0 Å². The van der Waals surface area contributed by atoms with E-state index in [2.05, 4.69) is 22.2 Å². The van der Waals surface area contributed by atoms with E-state index >= 15 is 0 Å². The topological polar surface area (TPSA) is 90.1 Å². The van der Waals surface area contributed by atoms with Crippen LogP contribution in [0.3, 0.4) is 0 Å². The van der Waals surface area contributed by atoms with Gasteiger partial charge in [0.2, 0.25) is 0 Å². The van der Waals surface area contributed by atoms with Gasteiger partial charge in [0.25, 0.3) is 5.91 Å². The minimum absolute atomic E-state index is 0.257. The summed E-state index contributed by atoms with van der Waals surface area (Å²) in [5.74, 6) is 0.0287. The Kier molecular flexibility index (Phi) is 5.95. The zero-order valence-electron chi connectivity index (χ0n) is 9.98. The molecule has 1 rings (SSSR count). The molecule has 0 aliphatic rings. The van der Waals surface area contributed by atoms with Gasteiger partial charge in [-0.05, 0) is 6.42 Å². The number of unbranched alkanes of at least 4 members (excludes halogenated alkanes) is 1. The van der Waals surface area contributed by atoms with Gasteiger partial charge >= 0.3 is 0 Å². The number of rotatable bonds is 7. The Bertz CT molecular complexity index is 340. The van der Waals surface area contributed by atoms with Crippen molar-refractivity contribution in [1.82, 2.24) is 15.3 Å². The molecule has 1 aromatic rings. The minimum atomic E-state index is -0.267. The van der Waals surface area contributed by atoms with E-state index in [-0.39, 0.29) is 11.6 Å². The van der Waals surface area contributed by atoms with Crippen molar-refractivity contribution in [2.45, 2.75) is 19.8 Å². The summed E-state index contributed by atoms with van der Waals surface area (Å²) in [6.45, 7) is 3.81. The minimum Gasteiger partial charge on any atom is -0.382 e. The lowest BCUT2D eigenvalue weighted by Crippen LogP contribution is -2.28. The van der Waals surface area contributed by atoms with E-state index in [1.165, 1.54) is 12.4 Å². The Morgan fingerprint density at radius 2 is 2.24 bits per heavy atom. The number of nitrogens with one attached hydrogen (secondary N) is 1. The number of ether oxygens (including phenoxy) is 1. The second-order valence-corrected chi connectivity index (χ2v) is 3.55. The van der Waals surface area contributed by atoms with Crippen LogP contribution in [0.5, 0.6) is 0 Å². The highest BCUT2D eigenvalue weighted by molar-refractivity contribution is 5.91. The first-order chi connectivity index (χ1) is 8.24. The predicted molar refractivity (Wildman–Crippen MR) is 64.5 cm³/mol. The highest BCUT2D eigenvalue weighted by Crippen LogP contribution is 1.95. The molecule has 0 aliphatic carbocycles. The third kappa shape index (κ3) is 5.26. The third-order valence-electron chi connectivity index (χ3n) is 2.08. The van der Waals surface area contributed by atoms with Gasteiger partial charge in [0.05, 0.1) is 19.0 Å². The predicted octanol–water partition coefficient (Wildman–Crippen LogP) is 0.605. The molecule has 1 amide bonds. The molecule has 17 heavy (non-hydrogen) atoms. The number of nitrogens with zero attached hydrogens (tertiary/aromatic N) is 2. The van der Waals surface area contributed by atoms with Gasteiger partial charge in [-0.3, -0.25) is 4.79 Å². The highest BCUT2D eigenvalue weighted by Gasteiger charge is 2.06. The molecule has 0 unspecified atom stereocenters. The van der Waals surface area contributed by atoms with Crippen LogP contribution in [0.4, 0.5) is 5.82 Å². The summed E-state index contributed by atoms with van der Waals surface area (Å²) >= 11 is 0. The van der Waals surface area contributed by atoms with Crippen molar-refractivity contribution in [3.8, 4) is 0 Å². The lowest BCUT2D eigenvalue weighted by Gasteiger charge is -2.05. The van der Waals surface area contributed by atoms with Crippen LogP contribution in [0.2, 0.25) is 0 Å². The maximum atomic E-state index is 11.5. The summed E-state index contributed by atoms with van der Waals surface area (Å²) in [4.78, 5) is 19.2. The molecule has 0 fully saturated rings. The summed E-state index contributed by atoms with van der Waals surface area (Å²) < 4.78 is 5.31. The number of hydrogen-bond donors (Lipinski definition) is 2. The summed E-state index contributed by atoms with van der Waals surface area (Å²) in [5, 5.41) is 2.69. The first-order valence-electron chi connectivity index (χ1n) is 5.67. The number of nitrogen functional groups attached to an aromatic ring is 1. The molecule has 0 bridgehead atoms. The Morgan fingerprint density at radius 1 is 1.41 bits per heavy atom.